The summed E-state index contributed by atoms with van der Waals surface area (Å²) in [5.74, 6) is 0.949. The van der Waals surface area contributed by atoms with Gasteiger partial charge in [-0.1, -0.05) is 0 Å². The predicted octanol–water partition coefficient (Wildman–Crippen LogP) is 0.107. The van der Waals surface area contributed by atoms with Crippen LogP contribution in [0.5, 0.6) is 0 Å². The van der Waals surface area contributed by atoms with Crippen molar-refractivity contribution in [3.05, 3.63) is 0 Å². The molecule has 0 amide bonds. The van der Waals surface area contributed by atoms with Gasteiger partial charge in [0.25, 0.3) is 0 Å². The molecule has 0 aromatic heterocycles. The van der Waals surface area contributed by atoms with E-state index in [9.17, 15) is 0 Å². The van der Waals surface area contributed by atoms with Gasteiger partial charge in [-0.05, 0) is 40.3 Å². The van der Waals surface area contributed by atoms with E-state index < -0.39 is 0 Å². The summed E-state index contributed by atoms with van der Waals surface area (Å²) in [6, 6.07) is 0.939. The minimum atomic E-state index is 0.386. The van der Waals surface area contributed by atoms with Gasteiger partial charge in [-0.25, -0.2) is 0 Å². The van der Waals surface area contributed by atoms with Gasteiger partial charge in [-0.15, -0.1) is 0 Å². The van der Waals surface area contributed by atoms with Crippen LogP contribution in [0.3, 0.4) is 0 Å². The first kappa shape index (κ1) is 16.0. The van der Waals surface area contributed by atoms with E-state index in [0.717, 1.165) is 45.1 Å². The van der Waals surface area contributed by atoms with E-state index in [1.807, 2.05) is 0 Å². The maximum absolute atomic E-state index is 5.93. The lowest BCUT2D eigenvalue weighted by Crippen LogP contribution is -2.52. The number of piperazine rings is 1. The number of aliphatic imine (C=N–C) groups is 1. The standard InChI is InChI=1S/C16H31N5O/c1-4-17-16(19-14-9-13-5-6-15(14)22-13)18-10-12-11-20(2)7-8-21(12)3/h12-15H,4-11H2,1-3H3,(H2,17,18,19). The van der Waals surface area contributed by atoms with Crippen molar-refractivity contribution in [2.45, 2.75) is 50.5 Å². The third kappa shape index (κ3) is 3.73. The van der Waals surface area contributed by atoms with Crippen molar-refractivity contribution in [1.82, 2.24) is 20.4 Å². The second-order valence-corrected chi connectivity index (χ2v) is 6.98. The molecule has 0 aromatic carbocycles. The van der Waals surface area contributed by atoms with Gasteiger partial charge in [0, 0.05) is 32.2 Å². The molecular formula is C16H31N5O. The highest BCUT2D eigenvalue weighted by molar-refractivity contribution is 5.80. The zero-order valence-corrected chi connectivity index (χ0v) is 14.2. The van der Waals surface area contributed by atoms with E-state index in [-0.39, 0.29) is 0 Å². The number of nitrogens with zero attached hydrogens (tertiary/aromatic N) is 3. The summed E-state index contributed by atoms with van der Waals surface area (Å²) >= 11 is 0. The van der Waals surface area contributed by atoms with Crippen molar-refractivity contribution in [2.24, 2.45) is 4.99 Å². The van der Waals surface area contributed by atoms with Crippen LogP contribution < -0.4 is 10.6 Å². The molecule has 6 heteroatoms. The summed E-state index contributed by atoms with van der Waals surface area (Å²) in [6.07, 6.45) is 4.41. The third-order valence-electron chi connectivity index (χ3n) is 5.21. The highest BCUT2D eigenvalue weighted by Crippen LogP contribution is 2.34. The molecule has 3 heterocycles. The third-order valence-corrected chi connectivity index (χ3v) is 5.21. The highest BCUT2D eigenvalue weighted by atomic mass is 16.5. The van der Waals surface area contributed by atoms with Gasteiger partial charge in [0.1, 0.15) is 0 Å². The Morgan fingerprint density at radius 1 is 1.27 bits per heavy atom. The smallest absolute Gasteiger partial charge is 0.191 e. The van der Waals surface area contributed by atoms with Crippen molar-refractivity contribution >= 4 is 5.96 Å². The normalized spacial score (nSPS) is 36.8. The first-order valence-electron chi connectivity index (χ1n) is 8.74. The molecule has 4 atom stereocenters. The quantitative estimate of drug-likeness (QED) is 0.570. The van der Waals surface area contributed by atoms with E-state index in [2.05, 4.69) is 41.5 Å². The fraction of sp³-hybridized carbons (Fsp3) is 0.938. The Hall–Kier alpha value is -0.850. The lowest BCUT2D eigenvalue weighted by Gasteiger charge is -2.37. The fourth-order valence-electron chi connectivity index (χ4n) is 3.78. The van der Waals surface area contributed by atoms with Crippen LogP contribution >= 0.6 is 0 Å². The molecule has 2 N–H and O–H groups in total. The maximum atomic E-state index is 5.93. The van der Waals surface area contributed by atoms with Gasteiger partial charge in [0.2, 0.25) is 0 Å². The molecule has 0 aromatic rings. The zero-order valence-electron chi connectivity index (χ0n) is 14.2. The zero-order chi connectivity index (χ0) is 15.5. The summed E-state index contributed by atoms with van der Waals surface area (Å²) in [7, 11) is 4.40. The molecule has 22 heavy (non-hydrogen) atoms. The SMILES string of the molecule is CCNC(=NCC1CN(C)CCN1C)NC1CC2CCC1O2. The van der Waals surface area contributed by atoms with Crippen LogP contribution in [0, 0.1) is 0 Å². The molecular weight excluding hydrogens is 278 g/mol. The van der Waals surface area contributed by atoms with E-state index in [0.29, 0.717) is 24.3 Å². The molecule has 3 fully saturated rings. The van der Waals surface area contributed by atoms with Crippen LogP contribution in [0.2, 0.25) is 0 Å². The molecule has 126 valence electrons. The molecule has 2 bridgehead atoms. The molecule has 0 saturated carbocycles. The summed E-state index contributed by atoms with van der Waals surface area (Å²) in [6.45, 7) is 7.23. The number of hydrogen-bond donors (Lipinski definition) is 2. The lowest BCUT2D eigenvalue weighted by molar-refractivity contribution is 0.0991. The van der Waals surface area contributed by atoms with Crippen LogP contribution in [0.4, 0.5) is 0 Å². The number of ether oxygens (including phenoxy) is 1. The van der Waals surface area contributed by atoms with Gasteiger partial charge in [-0.2, -0.15) is 0 Å². The number of likely N-dealkylation sites (N-methyl/N-ethyl adjacent to an activating group) is 2. The highest BCUT2D eigenvalue weighted by Gasteiger charge is 2.41. The van der Waals surface area contributed by atoms with Crippen molar-refractivity contribution in [2.75, 3.05) is 46.8 Å². The van der Waals surface area contributed by atoms with Gasteiger partial charge >= 0.3 is 0 Å². The summed E-state index contributed by atoms with van der Waals surface area (Å²) in [5, 5.41) is 6.98. The second kappa shape index (κ2) is 7.15. The first-order valence-corrected chi connectivity index (χ1v) is 8.74. The number of fused-ring (bicyclic) bond motifs is 2. The Bertz CT molecular complexity index is 402. The topological polar surface area (TPSA) is 52.1 Å². The molecule has 4 unspecified atom stereocenters. The van der Waals surface area contributed by atoms with Gasteiger partial charge < -0.3 is 20.3 Å². The van der Waals surface area contributed by atoms with E-state index in [1.165, 1.54) is 12.8 Å². The van der Waals surface area contributed by atoms with Crippen LogP contribution in [0.1, 0.15) is 26.2 Å². The Balaban J connectivity index is 1.55. The Morgan fingerprint density at radius 3 is 2.82 bits per heavy atom. The number of guanidine groups is 1. The number of nitrogens with one attached hydrogen (secondary N) is 2. The average molecular weight is 309 g/mol. The van der Waals surface area contributed by atoms with Crippen molar-refractivity contribution in [3.63, 3.8) is 0 Å². The van der Waals surface area contributed by atoms with Crippen LogP contribution in [-0.4, -0.2) is 86.9 Å². The number of hydrogen-bond acceptors (Lipinski definition) is 4. The van der Waals surface area contributed by atoms with Crippen LogP contribution in [0.15, 0.2) is 4.99 Å². The van der Waals surface area contributed by atoms with Crippen LogP contribution in [0.25, 0.3) is 0 Å². The lowest BCUT2D eigenvalue weighted by atomic mass is 9.96. The van der Waals surface area contributed by atoms with E-state index in [1.54, 1.807) is 0 Å². The molecule has 3 aliphatic rings. The summed E-state index contributed by atoms with van der Waals surface area (Å²) in [4.78, 5) is 9.66. The second-order valence-electron chi connectivity index (χ2n) is 6.98. The summed E-state index contributed by atoms with van der Waals surface area (Å²) in [5.41, 5.74) is 0. The maximum Gasteiger partial charge on any atom is 0.191 e. The van der Waals surface area contributed by atoms with Crippen molar-refractivity contribution in [1.29, 1.82) is 0 Å². The molecule has 0 spiro atoms. The van der Waals surface area contributed by atoms with Gasteiger partial charge in [0.15, 0.2) is 5.96 Å². The van der Waals surface area contributed by atoms with Crippen LogP contribution in [-0.2, 0) is 4.74 Å². The molecule has 6 nitrogen and oxygen atoms in total. The Morgan fingerprint density at radius 2 is 2.14 bits per heavy atom. The molecule has 3 aliphatic heterocycles. The van der Waals surface area contributed by atoms with Crippen molar-refractivity contribution in [3.8, 4) is 0 Å². The summed E-state index contributed by atoms with van der Waals surface area (Å²) < 4.78 is 5.93. The minimum absolute atomic E-state index is 0.386. The Labute approximate surface area is 134 Å². The number of rotatable bonds is 4. The first-order chi connectivity index (χ1) is 10.7. The Kier molecular flexibility index (Phi) is 5.21. The van der Waals surface area contributed by atoms with E-state index in [4.69, 9.17) is 9.73 Å². The molecule has 3 rings (SSSR count). The van der Waals surface area contributed by atoms with Gasteiger partial charge in [-0.3, -0.25) is 9.89 Å². The monoisotopic (exact) mass is 309 g/mol. The molecule has 0 aliphatic carbocycles. The molecule has 3 saturated heterocycles. The van der Waals surface area contributed by atoms with Gasteiger partial charge in [0.05, 0.1) is 24.8 Å². The predicted molar refractivity (Wildman–Crippen MR) is 89.3 cm³/mol. The molecule has 0 radical (unpaired) electrons. The van der Waals surface area contributed by atoms with E-state index >= 15 is 0 Å². The average Bonchev–Trinajstić information content (AvgIpc) is 3.11. The largest absolute Gasteiger partial charge is 0.373 e. The van der Waals surface area contributed by atoms with Crippen molar-refractivity contribution < 1.29 is 4.74 Å². The fourth-order valence-corrected chi connectivity index (χ4v) is 3.78. The minimum Gasteiger partial charge on any atom is -0.373 e.